The van der Waals surface area contributed by atoms with Crippen LogP contribution < -0.4 is 0 Å². The quantitative estimate of drug-likeness (QED) is 0.616. The number of hydrogen-bond acceptors (Lipinski definition) is 3. The van der Waals surface area contributed by atoms with Gasteiger partial charge in [0.1, 0.15) is 0 Å². The maximum Gasteiger partial charge on any atom is 0.304 e. The normalized spacial score (nSPS) is 9.11. The second kappa shape index (κ2) is 21.1. The van der Waals surface area contributed by atoms with Gasteiger partial charge in [-0.15, -0.1) is 0 Å². The predicted octanol–water partition coefficient (Wildman–Crippen LogP) is 5.60. The molecule has 0 saturated heterocycles. The number of aliphatic carboxylic acids is 1. The lowest BCUT2D eigenvalue weighted by atomic mass is 10.1. The van der Waals surface area contributed by atoms with Crippen molar-refractivity contribution in [2.75, 3.05) is 13.7 Å². The van der Waals surface area contributed by atoms with Crippen LogP contribution in [0.5, 0.6) is 0 Å². The fourth-order valence-corrected chi connectivity index (χ4v) is 2.15. The smallest absolute Gasteiger partial charge is 0.304 e. The average molecular weight is 390 g/mol. The summed E-state index contributed by atoms with van der Waals surface area (Å²) in [7, 11) is 1.00. The van der Waals surface area contributed by atoms with Gasteiger partial charge in [-0.05, 0) is 11.1 Å². The SMILES string of the molecule is CC.CCCC.CO.O=C(O)CCN(Cc1ccccc1)Cc1ccccc1. The molecule has 0 heterocycles. The summed E-state index contributed by atoms with van der Waals surface area (Å²) in [5, 5.41) is 15.9. The molecule has 28 heavy (non-hydrogen) atoms. The second-order valence-electron chi connectivity index (χ2n) is 5.83. The molecule has 158 valence electrons. The van der Waals surface area contributed by atoms with Crippen LogP contribution in [0.25, 0.3) is 0 Å². The number of benzene rings is 2. The van der Waals surface area contributed by atoms with Crippen LogP contribution in [0.15, 0.2) is 60.7 Å². The fraction of sp³-hybridized carbons (Fsp3) is 0.458. The highest BCUT2D eigenvalue weighted by Gasteiger charge is 2.09. The second-order valence-corrected chi connectivity index (χ2v) is 5.83. The van der Waals surface area contributed by atoms with Crippen LogP contribution in [-0.2, 0) is 17.9 Å². The molecule has 0 aliphatic heterocycles. The summed E-state index contributed by atoms with van der Waals surface area (Å²) in [6, 6.07) is 20.3. The van der Waals surface area contributed by atoms with Crippen LogP contribution in [0.3, 0.4) is 0 Å². The lowest BCUT2D eigenvalue weighted by Crippen LogP contribution is -2.25. The van der Waals surface area contributed by atoms with Crippen LogP contribution in [0, 0.1) is 0 Å². The molecular formula is C24H39NO3. The molecule has 0 fully saturated rings. The van der Waals surface area contributed by atoms with E-state index in [-0.39, 0.29) is 6.42 Å². The lowest BCUT2D eigenvalue weighted by Gasteiger charge is -2.21. The molecule has 0 atom stereocenters. The van der Waals surface area contributed by atoms with E-state index in [1.165, 1.54) is 24.0 Å². The molecule has 2 rings (SSSR count). The monoisotopic (exact) mass is 389 g/mol. The summed E-state index contributed by atoms with van der Waals surface area (Å²) >= 11 is 0. The van der Waals surface area contributed by atoms with E-state index in [1.807, 2.05) is 50.2 Å². The fourth-order valence-electron chi connectivity index (χ4n) is 2.15. The third kappa shape index (κ3) is 16.0. The number of aliphatic hydroxyl groups is 1. The molecule has 0 aromatic heterocycles. The van der Waals surface area contributed by atoms with Gasteiger partial charge in [0.25, 0.3) is 0 Å². The summed E-state index contributed by atoms with van der Waals surface area (Å²) in [5.41, 5.74) is 2.41. The first-order valence-electron chi connectivity index (χ1n) is 10.1. The van der Waals surface area contributed by atoms with Crippen LogP contribution in [0.4, 0.5) is 0 Å². The van der Waals surface area contributed by atoms with Crippen molar-refractivity contribution in [3.63, 3.8) is 0 Å². The minimum atomic E-state index is -0.754. The molecule has 0 bridgehead atoms. The number of carbonyl (C=O) groups is 1. The van der Waals surface area contributed by atoms with E-state index in [2.05, 4.69) is 43.0 Å². The summed E-state index contributed by atoms with van der Waals surface area (Å²) < 4.78 is 0. The van der Waals surface area contributed by atoms with Crippen molar-refractivity contribution < 1.29 is 15.0 Å². The molecule has 4 heteroatoms. The molecule has 0 amide bonds. The number of nitrogens with zero attached hydrogens (tertiary/aromatic N) is 1. The van der Waals surface area contributed by atoms with Crippen LogP contribution >= 0.6 is 0 Å². The Hall–Kier alpha value is -2.17. The number of rotatable bonds is 8. The number of hydrogen-bond donors (Lipinski definition) is 2. The van der Waals surface area contributed by atoms with Crippen molar-refractivity contribution in [3.8, 4) is 0 Å². The van der Waals surface area contributed by atoms with E-state index in [0.717, 1.165) is 20.2 Å². The van der Waals surface area contributed by atoms with Crippen molar-refractivity contribution in [1.29, 1.82) is 0 Å². The molecule has 2 aromatic rings. The van der Waals surface area contributed by atoms with E-state index < -0.39 is 5.97 Å². The predicted molar refractivity (Wildman–Crippen MR) is 119 cm³/mol. The molecule has 2 N–H and O–H groups in total. The highest BCUT2D eigenvalue weighted by Crippen LogP contribution is 2.10. The maximum absolute atomic E-state index is 10.8. The van der Waals surface area contributed by atoms with Gasteiger partial charge in [0.05, 0.1) is 6.42 Å². The zero-order chi connectivity index (χ0) is 21.6. The first-order valence-corrected chi connectivity index (χ1v) is 10.1. The zero-order valence-corrected chi connectivity index (χ0v) is 18.3. The molecule has 0 spiro atoms. The van der Waals surface area contributed by atoms with E-state index in [1.54, 1.807) is 0 Å². The van der Waals surface area contributed by atoms with Crippen molar-refractivity contribution in [1.82, 2.24) is 4.90 Å². The minimum Gasteiger partial charge on any atom is -0.481 e. The molecule has 0 radical (unpaired) electrons. The van der Waals surface area contributed by atoms with Gasteiger partial charge in [-0.2, -0.15) is 0 Å². The number of aliphatic hydroxyl groups excluding tert-OH is 1. The van der Waals surface area contributed by atoms with Crippen LogP contribution in [-0.4, -0.2) is 34.7 Å². The Labute approximate surface area is 171 Å². The van der Waals surface area contributed by atoms with Gasteiger partial charge in [0.15, 0.2) is 0 Å². The zero-order valence-electron chi connectivity index (χ0n) is 18.3. The van der Waals surface area contributed by atoms with Gasteiger partial charge >= 0.3 is 5.97 Å². The molecule has 4 nitrogen and oxygen atoms in total. The van der Waals surface area contributed by atoms with E-state index >= 15 is 0 Å². The van der Waals surface area contributed by atoms with Gasteiger partial charge in [0, 0.05) is 26.7 Å². The van der Waals surface area contributed by atoms with Gasteiger partial charge in [-0.25, -0.2) is 0 Å². The standard InChI is InChI=1S/C17H19NO2.C4H10.C2H6.CH4O/c19-17(20)11-12-18(13-15-7-3-1-4-8-15)14-16-9-5-2-6-10-16;1-3-4-2;2*1-2/h1-10H,11-14H2,(H,19,20);3-4H2,1-2H3;1-2H3;2H,1H3. The van der Waals surface area contributed by atoms with Crippen molar-refractivity contribution >= 4 is 5.97 Å². The largest absolute Gasteiger partial charge is 0.481 e. The van der Waals surface area contributed by atoms with E-state index in [4.69, 9.17) is 10.2 Å². The number of carboxylic acids is 1. The Morgan fingerprint density at radius 1 is 0.786 bits per heavy atom. The topological polar surface area (TPSA) is 60.8 Å². The highest BCUT2D eigenvalue weighted by molar-refractivity contribution is 5.66. The number of carboxylic acid groups (broad SMARTS) is 1. The van der Waals surface area contributed by atoms with Gasteiger partial charge in [-0.3, -0.25) is 9.69 Å². The van der Waals surface area contributed by atoms with E-state index in [9.17, 15) is 4.79 Å². The molecule has 0 aliphatic carbocycles. The first kappa shape index (κ1) is 28.0. The van der Waals surface area contributed by atoms with Gasteiger partial charge in [0.2, 0.25) is 0 Å². The first-order chi connectivity index (χ1) is 13.7. The maximum atomic E-state index is 10.8. The Balaban J connectivity index is 0. The molecule has 0 aliphatic rings. The molecule has 0 saturated carbocycles. The Kier molecular flexibility index (Phi) is 21.2. The van der Waals surface area contributed by atoms with E-state index in [0.29, 0.717) is 6.54 Å². The van der Waals surface area contributed by atoms with Crippen molar-refractivity contribution in [2.24, 2.45) is 0 Å². The average Bonchev–Trinajstić information content (AvgIpc) is 2.76. The lowest BCUT2D eigenvalue weighted by molar-refractivity contribution is -0.137. The number of unbranched alkanes of at least 4 members (excludes halogenated alkanes) is 1. The summed E-state index contributed by atoms with van der Waals surface area (Å²) in [4.78, 5) is 12.9. The van der Waals surface area contributed by atoms with Gasteiger partial charge < -0.3 is 10.2 Å². The molecule has 0 unspecified atom stereocenters. The Bertz CT molecular complexity index is 515. The third-order valence-corrected chi connectivity index (χ3v) is 3.64. The van der Waals surface area contributed by atoms with Gasteiger partial charge in [-0.1, -0.05) is 101 Å². The summed E-state index contributed by atoms with van der Waals surface area (Å²) in [6.45, 7) is 10.4. The molecular weight excluding hydrogens is 350 g/mol. The Morgan fingerprint density at radius 2 is 1.14 bits per heavy atom. The summed E-state index contributed by atoms with van der Waals surface area (Å²) in [6.07, 6.45) is 2.81. The third-order valence-electron chi connectivity index (χ3n) is 3.64. The highest BCUT2D eigenvalue weighted by atomic mass is 16.4. The molecule has 2 aromatic carbocycles. The van der Waals surface area contributed by atoms with Crippen molar-refractivity contribution in [3.05, 3.63) is 71.8 Å². The Morgan fingerprint density at radius 3 is 1.43 bits per heavy atom. The minimum absolute atomic E-state index is 0.166. The summed E-state index contributed by atoms with van der Waals surface area (Å²) in [5.74, 6) is -0.754. The van der Waals surface area contributed by atoms with Crippen LogP contribution in [0.2, 0.25) is 0 Å². The van der Waals surface area contributed by atoms with Crippen molar-refractivity contribution in [2.45, 2.75) is 60.0 Å². The van der Waals surface area contributed by atoms with Crippen LogP contribution in [0.1, 0.15) is 58.1 Å².